The van der Waals surface area contributed by atoms with Crippen LogP contribution >= 0.6 is 0 Å². The molecule has 0 aromatic carbocycles. The van der Waals surface area contributed by atoms with Crippen LogP contribution in [0.3, 0.4) is 0 Å². The first-order chi connectivity index (χ1) is 15.1. The fraction of sp³-hybridized carbons (Fsp3) is 0.875. The molecule has 32 heavy (non-hydrogen) atoms. The van der Waals surface area contributed by atoms with E-state index in [1.807, 2.05) is 41.5 Å². The summed E-state index contributed by atoms with van der Waals surface area (Å²) in [5.74, 6) is -2.01. The summed E-state index contributed by atoms with van der Waals surface area (Å²) in [4.78, 5) is 42.4. The number of carbonyl (C=O) groups is 3. The number of rotatable bonds is 10. The van der Waals surface area contributed by atoms with E-state index in [9.17, 15) is 19.5 Å². The summed E-state index contributed by atoms with van der Waals surface area (Å²) >= 11 is 0. The number of likely N-dealkylation sites (tertiary alicyclic amines) is 1. The van der Waals surface area contributed by atoms with E-state index in [2.05, 4.69) is 10.6 Å². The van der Waals surface area contributed by atoms with Gasteiger partial charge in [-0.3, -0.25) is 14.4 Å². The van der Waals surface area contributed by atoms with Gasteiger partial charge in [-0.05, 0) is 45.4 Å². The van der Waals surface area contributed by atoms with Crippen molar-refractivity contribution in [1.82, 2.24) is 15.5 Å². The number of carbonyl (C=O) groups excluding carboxylic acids is 3. The molecule has 0 aromatic heterocycles. The van der Waals surface area contributed by atoms with Crippen molar-refractivity contribution in [3.05, 3.63) is 0 Å². The van der Waals surface area contributed by atoms with E-state index in [-0.39, 0.29) is 36.3 Å². The lowest BCUT2D eigenvalue weighted by Gasteiger charge is -2.39. The van der Waals surface area contributed by atoms with Crippen LogP contribution in [0.5, 0.6) is 0 Å². The van der Waals surface area contributed by atoms with Gasteiger partial charge in [-0.2, -0.15) is 0 Å². The molecule has 3 rings (SSSR count). The van der Waals surface area contributed by atoms with E-state index >= 15 is 0 Å². The van der Waals surface area contributed by atoms with Crippen molar-refractivity contribution in [2.45, 2.75) is 103 Å². The Morgan fingerprint density at radius 1 is 1.19 bits per heavy atom. The Kier molecular flexibility index (Phi) is 7.25. The van der Waals surface area contributed by atoms with Gasteiger partial charge in [-0.1, -0.05) is 34.1 Å². The zero-order chi connectivity index (χ0) is 23.8. The first kappa shape index (κ1) is 25.0. The molecule has 0 aliphatic carbocycles. The molecule has 0 radical (unpaired) electrons. The minimum atomic E-state index is -1.04. The quantitative estimate of drug-likeness (QED) is 0.468. The lowest BCUT2D eigenvalue weighted by atomic mass is 9.65. The topological polar surface area (TPSA) is 108 Å². The zero-order valence-corrected chi connectivity index (χ0v) is 20.4. The molecule has 3 heterocycles. The Bertz CT molecular complexity index is 743. The van der Waals surface area contributed by atoms with Crippen molar-refractivity contribution in [2.75, 3.05) is 13.2 Å². The van der Waals surface area contributed by atoms with Crippen LogP contribution in [-0.4, -0.2) is 70.2 Å². The summed E-state index contributed by atoms with van der Waals surface area (Å²) in [5, 5.41) is 16.2. The molecule has 182 valence electrons. The van der Waals surface area contributed by atoms with Crippen LogP contribution in [0.25, 0.3) is 0 Å². The molecule has 3 aliphatic heterocycles. The highest BCUT2D eigenvalue weighted by Gasteiger charge is 2.79. The molecule has 0 saturated carbocycles. The Labute approximate surface area is 191 Å². The van der Waals surface area contributed by atoms with E-state index < -0.39 is 35.1 Å². The first-order valence-corrected chi connectivity index (χ1v) is 12.3. The summed E-state index contributed by atoms with van der Waals surface area (Å²) < 4.78 is 6.69. The van der Waals surface area contributed by atoms with Gasteiger partial charge in [0.1, 0.15) is 11.6 Å². The minimum Gasteiger partial charge on any atom is -0.394 e. The predicted octanol–water partition coefficient (Wildman–Crippen LogP) is 1.60. The molecule has 1 spiro atoms. The number of amides is 3. The van der Waals surface area contributed by atoms with Gasteiger partial charge in [-0.15, -0.1) is 0 Å². The van der Waals surface area contributed by atoms with Gasteiger partial charge < -0.3 is 25.4 Å². The second kappa shape index (κ2) is 9.29. The van der Waals surface area contributed by atoms with Gasteiger partial charge in [0.15, 0.2) is 0 Å². The van der Waals surface area contributed by atoms with Crippen LogP contribution in [0.1, 0.15) is 73.6 Å². The van der Waals surface area contributed by atoms with E-state index in [1.54, 1.807) is 4.90 Å². The first-order valence-electron chi connectivity index (χ1n) is 12.3. The average molecular weight is 452 g/mol. The Morgan fingerprint density at radius 2 is 1.88 bits per heavy atom. The molecule has 3 amide bonds. The van der Waals surface area contributed by atoms with Gasteiger partial charge >= 0.3 is 0 Å². The van der Waals surface area contributed by atoms with Gasteiger partial charge in [0.2, 0.25) is 17.7 Å². The van der Waals surface area contributed by atoms with E-state index in [1.165, 1.54) is 0 Å². The molecule has 2 bridgehead atoms. The maximum atomic E-state index is 14.0. The third kappa shape index (κ3) is 3.63. The number of aliphatic hydroxyl groups excluding tert-OH is 1. The summed E-state index contributed by atoms with van der Waals surface area (Å²) in [6.45, 7) is 12.0. The average Bonchev–Trinajstić information content (AvgIpc) is 3.36. The van der Waals surface area contributed by atoms with Crippen LogP contribution in [0.2, 0.25) is 0 Å². The standard InChI is InChI=1S/C24H41N3O5/c1-7-12-25-20(29)17-18-22(31)27(16(13-28)15(6)8-2)19(21(30)26-14(4)5)24(18)11-10-23(17,9-3)32-24/h14-19,28H,7-13H2,1-6H3,(H,25,29)(H,26,30)/t15-,16-,17+,18-,19?,23-,24?/m0/s1. The highest BCUT2D eigenvalue weighted by Crippen LogP contribution is 2.64. The summed E-state index contributed by atoms with van der Waals surface area (Å²) in [6.07, 6.45) is 3.36. The van der Waals surface area contributed by atoms with Crippen LogP contribution in [-0.2, 0) is 19.1 Å². The van der Waals surface area contributed by atoms with Gasteiger partial charge in [0.25, 0.3) is 0 Å². The molecule has 3 saturated heterocycles. The largest absolute Gasteiger partial charge is 0.394 e. The van der Waals surface area contributed by atoms with Crippen molar-refractivity contribution in [3.63, 3.8) is 0 Å². The SMILES string of the molecule is CCCNC(=O)[C@H]1[C@H]2C(=O)N([C@@H](CO)[C@@H](C)CC)C(C(=O)NC(C)C)C23CC[C@]1(CC)O3. The van der Waals surface area contributed by atoms with Crippen LogP contribution < -0.4 is 10.6 Å². The number of hydrogen-bond donors (Lipinski definition) is 3. The lowest BCUT2D eigenvalue weighted by molar-refractivity contribution is -0.152. The monoisotopic (exact) mass is 451 g/mol. The molecule has 3 fully saturated rings. The van der Waals surface area contributed by atoms with Crippen molar-refractivity contribution < 1.29 is 24.2 Å². The highest BCUT2D eigenvalue weighted by atomic mass is 16.5. The Hall–Kier alpha value is -1.67. The number of nitrogens with one attached hydrogen (secondary N) is 2. The molecular weight excluding hydrogens is 410 g/mol. The smallest absolute Gasteiger partial charge is 0.246 e. The van der Waals surface area contributed by atoms with Gasteiger partial charge in [0.05, 0.1) is 30.1 Å². The molecule has 3 N–H and O–H groups in total. The van der Waals surface area contributed by atoms with E-state index in [0.29, 0.717) is 25.8 Å². The zero-order valence-electron chi connectivity index (χ0n) is 20.4. The lowest BCUT2D eigenvalue weighted by Crippen LogP contribution is -2.59. The third-order valence-corrected chi connectivity index (χ3v) is 7.97. The van der Waals surface area contributed by atoms with Gasteiger partial charge in [-0.25, -0.2) is 0 Å². The van der Waals surface area contributed by atoms with Crippen molar-refractivity contribution in [2.24, 2.45) is 17.8 Å². The second-order valence-electron chi connectivity index (χ2n) is 10.2. The summed E-state index contributed by atoms with van der Waals surface area (Å²) in [5.41, 5.74) is -1.77. The molecule has 0 aromatic rings. The van der Waals surface area contributed by atoms with E-state index in [0.717, 1.165) is 12.8 Å². The maximum Gasteiger partial charge on any atom is 0.246 e. The Balaban J connectivity index is 2.11. The minimum absolute atomic E-state index is 0.00164. The van der Waals surface area contributed by atoms with Crippen LogP contribution in [0.15, 0.2) is 0 Å². The summed E-state index contributed by atoms with van der Waals surface area (Å²) in [7, 11) is 0. The maximum absolute atomic E-state index is 14.0. The van der Waals surface area contributed by atoms with Crippen LogP contribution in [0.4, 0.5) is 0 Å². The fourth-order valence-corrected chi connectivity index (χ4v) is 6.25. The number of aliphatic hydroxyl groups is 1. The van der Waals surface area contributed by atoms with Crippen molar-refractivity contribution >= 4 is 17.7 Å². The molecule has 8 heteroatoms. The molecule has 3 aliphatic rings. The van der Waals surface area contributed by atoms with Crippen LogP contribution in [0, 0.1) is 17.8 Å². The number of fused-ring (bicyclic) bond motifs is 1. The second-order valence-corrected chi connectivity index (χ2v) is 10.2. The molecular formula is C24H41N3O5. The van der Waals surface area contributed by atoms with Crippen molar-refractivity contribution in [1.29, 1.82) is 0 Å². The normalized spacial score (nSPS) is 35.2. The number of ether oxygens (including phenoxy) is 1. The van der Waals surface area contributed by atoms with Crippen molar-refractivity contribution in [3.8, 4) is 0 Å². The molecule has 7 atom stereocenters. The predicted molar refractivity (Wildman–Crippen MR) is 121 cm³/mol. The van der Waals surface area contributed by atoms with E-state index in [4.69, 9.17) is 4.74 Å². The number of nitrogens with zero attached hydrogens (tertiary/aromatic N) is 1. The molecule has 8 nitrogen and oxygen atoms in total. The third-order valence-electron chi connectivity index (χ3n) is 7.97. The Morgan fingerprint density at radius 3 is 2.41 bits per heavy atom. The summed E-state index contributed by atoms with van der Waals surface area (Å²) in [6, 6.07) is -1.46. The van der Waals surface area contributed by atoms with Gasteiger partial charge in [0, 0.05) is 12.6 Å². The number of hydrogen-bond acceptors (Lipinski definition) is 5. The molecule has 2 unspecified atom stereocenters. The fourth-order valence-electron chi connectivity index (χ4n) is 6.25. The highest BCUT2D eigenvalue weighted by molar-refractivity contribution is 5.99.